The minimum absolute atomic E-state index is 0. The minimum Gasteiger partial charge on any atom is -0.508 e. The number of methoxy groups -OCH3 is 1. The molecule has 0 amide bonds. The third kappa shape index (κ3) is 7.63. The summed E-state index contributed by atoms with van der Waals surface area (Å²) in [7, 11) is 3.37. The molecule has 0 bridgehead atoms. The van der Waals surface area contributed by atoms with Gasteiger partial charge in [-0.2, -0.15) is 0 Å². The van der Waals surface area contributed by atoms with Crippen molar-refractivity contribution < 1.29 is 14.6 Å². The first-order valence-corrected chi connectivity index (χ1v) is 9.67. The zero-order chi connectivity index (χ0) is 19.6. The van der Waals surface area contributed by atoms with Gasteiger partial charge in [0, 0.05) is 45.3 Å². The molecule has 1 aliphatic heterocycles. The fraction of sp³-hybridized carbons (Fsp3) is 0.650. The van der Waals surface area contributed by atoms with Crippen LogP contribution in [-0.4, -0.2) is 75.6 Å². The zero-order valence-electron chi connectivity index (χ0n) is 17.4. The molecule has 0 spiro atoms. The van der Waals surface area contributed by atoms with E-state index in [1.165, 1.54) is 0 Å². The fourth-order valence-electron chi connectivity index (χ4n) is 3.32. The number of benzene rings is 1. The van der Waals surface area contributed by atoms with Crippen molar-refractivity contribution in [3.8, 4) is 11.5 Å². The third-order valence-electron chi connectivity index (χ3n) is 4.97. The smallest absolute Gasteiger partial charge is 0.191 e. The van der Waals surface area contributed by atoms with Crippen LogP contribution in [0, 0.1) is 5.92 Å². The van der Waals surface area contributed by atoms with Gasteiger partial charge in [-0.3, -0.25) is 9.89 Å². The molecule has 28 heavy (non-hydrogen) atoms. The van der Waals surface area contributed by atoms with Crippen molar-refractivity contribution in [3.05, 3.63) is 23.8 Å². The monoisotopic (exact) mass is 506 g/mol. The number of halogens is 1. The number of aromatic hydroxyl groups is 1. The Kier molecular flexibility index (Phi) is 11.6. The molecule has 1 aromatic carbocycles. The Labute approximate surface area is 185 Å². The summed E-state index contributed by atoms with van der Waals surface area (Å²) < 4.78 is 10.6. The van der Waals surface area contributed by atoms with E-state index in [0.29, 0.717) is 30.7 Å². The molecule has 3 N–H and O–H groups in total. The van der Waals surface area contributed by atoms with Crippen LogP contribution in [-0.2, 0) is 11.2 Å². The lowest BCUT2D eigenvalue weighted by Crippen LogP contribution is -2.52. The number of phenolic OH excluding ortho intramolecular Hbond substituents is 1. The lowest BCUT2D eigenvalue weighted by atomic mass is 10.0. The van der Waals surface area contributed by atoms with Gasteiger partial charge in [0.2, 0.25) is 0 Å². The van der Waals surface area contributed by atoms with Crippen LogP contribution in [0.5, 0.6) is 11.5 Å². The number of phenols is 1. The number of aliphatic imine (C=N–C) groups is 1. The van der Waals surface area contributed by atoms with Gasteiger partial charge in [-0.1, -0.05) is 19.9 Å². The topological polar surface area (TPSA) is 78.4 Å². The highest BCUT2D eigenvalue weighted by Gasteiger charge is 2.23. The van der Waals surface area contributed by atoms with Crippen molar-refractivity contribution in [1.82, 2.24) is 15.5 Å². The van der Waals surface area contributed by atoms with Gasteiger partial charge in [-0.05, 0) is 24.0 Å². The van der Waals surface area contributed by atoms with Gasteiger partial charge in [0.1, 0.15) is 11.5 Å². The molecule has 160 valence electrons. The number of hydrogen-bond donors (Lipinski definition) is 3. The summed E-state index contributed by atoms with van der Waals surface area (Å²) in [5.74, 6) is 2.24. The van der Waals surface area contributed by atoms with Gasteiger partial charge in [0.25, 0.3) is 0 Å². The van der Waals surface area contributed by atoms with Gasteiger partial charge in [-0.15, -0.1) is 24.0 Å². The van der Waals surface area contributed by atoms with Crippen molar-refractivity contribution in [2.75, 3.05) is 53.6 Å². The predicted molar refractivity (Wildman–Crippen MR) is 124 cm³/mol. The van der Waals surface area contributed by atoms with Crippen LogP contribution in [0.4, 0.5) is 0 Å². The van der Waals surface area contributed by atoms with E-state index < -0.39 is 0 Å². The number of nitrogens with one attached hydrogen (secondary N) is 2. The first-order chi connectivity index (χ1) is 13.0. The molecule has 7 nitrogen and oxygen atoms in total. The molecule has 0 aromatic heterocycles. The van der Waals surface area contributed by atoms with Gasteiger partial charge in [0.15, 0.2) is 5.96 Å². The maximum atomic E-state index is 10.1. The summed E-state index contributed by atoms with van der Waals surface area (Å²) in [5.41, 5.74) is 0.882. The average molecular weight is 506 g/mol. The maximum Gasteiger partial charge on any atom is 0.191 e. The summed E-state index contributed by atoms with van der Waals surface area (Å²) in [6.07, 6.45) is 0.702. The molecule has 1 heterocycles. The molecule has 1 saturated heterocycles. The van der Waals surface area contributed by atoms with E-state index in [4.69, 9.17) is 9.47 Å². The molecule has 1 aromatic rings. The lowest BCUT2D eigenvalue weighted by Gasteiger charge is -2.37. The second-order valence-electron chi connectivity index (χ2n) is 7.08. The van der Waals surface area contributed by atoms with Crippen LogP contribution < -0.4 is 15.4 Å². The van der Waals surface area contributed by atoms with E-state index >= 15 is 0 Å². The Balaban J connectivity index is 0.00000392. The maximum absolute atomic E-state index is 10.1. The number of nitrogens with zero attached hydrogens (tertiary/aromatic N) is 2. The number of morpholine rings is 1. The van der Waals surface area contributed by atoms with E-state index in [1.54, 1.807) is 20.2 Å². The van der Waals surface area contributed by atoms with Crippen LogP contribution in [0.1, 0.15) is 19.4 Å². The van der Waals surface area contributed by atoms with Crippen molar-refractivity contribution in [3.63, 3.8) is 0 Å². The highest BCUT2D eigenvalue weighted by Crippen LogP contribution is 2.23. The van der Waals surface area contributed by atoms with Gasteiger partial charge in [-0.25, -0.2) is 0 Å². The largest absolute Gasteiger partial charge is 0.508 e. The van der Waals surface area contributed by atoms with Crippen molar-refractivity contribution in [2.45, 2.75) is 26.3 Å². The van der Waals surface area contributed by atoms with Gasteiger partial charge < -0.3 is 25.2 Å². The summed E-state index contributed by atoms with van der Waals surface area (Å²) in [4.78, 5) is 6.80. The molecule has 1 aliphatic rings. The SMILES string of the molecule is CN=C(NCCc1ccc(OC)cc1O)NCC(C(C)C)N1CCOCC1.I. The Morgan fingerprint density at radius 3 is 2.57 bits per heavy atom. The van der Waals surface area contributed by atoms with E-state index in [2.05, 4.69) is 34.4 Å². The molecule has 2 rings (SSSR count). The van der Waals surface area contributed by atoms with E-state index in [9.17, 15) is 5.11 Å². The number of rotatable bonds is 8. The highest BCUT2D eigenvalue weighted by molar-refractivity contribution is 14.0. The number of guanidine groups is 1. The second kappa shape index (κ2) is 13.1. The summed E-state index contributed by atoms with van der Waals surface area (Å²) in [6, 6.07) is 5.83. The van der Waals surface area contributed by atoms with Crippen molar-refractivity contribution in [2.24, 2.45) is 10.9 Å². The molecule has 1 atom stereocenters. The van der Waals surface area contributed by atoms with Crippen LogP contribution in [0.15, 0.2) is 23.2 Å². The molecule has 8 heteroatoms. The van der Waals surface area contributed by atoms with Crippen LogP contribution in [0.2, 0.25) is 0 Å². The second-order valence-corrected chi connectivity index (χ2v) is 7.08. The Morgan fingerprint density at radius 2 is 2.00 bits per heavy atom. The van der Waals surface area contributed by atoms with E-state index in [0.717, 1.165) is 44.4 Å². The Hall–Kier alpha value is -1.26. The molecule has 0 radical (unpaired) electrons. The van der Waals surface area contributed by atoms with Crippen LogP contribution in [0.25, 0.3) is 0 Å². The van der Waals surface area contributed by atoms with Gasteiger partial charge in [0.05, 0.1) is 20.3 Å². The van der Waals surface area contributed by atoms with Crippen molar-refractivity contribution in [1.29, 1.82) is 0 Å². The number of ether oxygens (including phenoxy) is 2. The zero-order valence-corrected chi connectivity index (χ0v) is 19.7. The summed E-state index contributed by atoms with van der Waals surface area (Å²) >= 11 is 0. The standard InChI is InChI=1S/C20H34N4O3.HI/c1-15(2)18(24-9-11-27-12-10-24)14-23-20(21-3)22-8-7-16-5-6-17(26-4)13-19(16)25;/h5-6,13,15,18,25H,7-12,14H2,1-4H3,(H2,21,22,23);1H. The number of hydrogen-bond acceptors (Lipinski definition) is 5. The predicted octanol–water partition coefficient (Wildman–Crippen LogP) is 2.08. The molecular weight excluding hydrogens is 471 g/mol. The van der Waals surface area contributed by atoms with E-state index in [-0.39, 0.29) is 29.7 Å². The van der Waals surface area contributed by atoms with Gasteiger partial charge >= 0.3 is 0 Å². The minimum atomic E-state index is 0. The summed E-state index contributed by atoms with van der Waals surface area (Å²) in [6.45, 7) is 9.60. The highest BCUT2D eigenvalue weighted by atomic mass is 127. The Bertz CT molecular complexity index is 607. The molecule has 0 saturated carbocycles. The third-order valence-corrected chi connectivity index (χ3v) is 4.97. The average Bonchev–Trinajstić information content (AvgIpc) is 2.68. The molecular formula is C20H35IN4O3. The molecule has 1 fully saturated rings. The lowest BCUT2D eigenvalue weighted by molar-refractivity contribution is 0.00752. The Morgan fingerprint density at radius 1 is 1.29 bits per heavy atom. The first-order valence-electron chi connectivity index (χ1n) is 9.67. The van der Waals surface area contributed by atoms with Crippen LogP contribution in [0.3, 0.4) is 0 Å². The van der Waals surface area contributed by atoms with E-state index in [1.807, 2.05) is 12.1 Å². The van der Waals surface area contributed by atoms with Crippen LogP contribution >= 0.6 is 24.0 Å². The normalized spacial score (nSPS) is 16.4. The van der Waals surface area contributed by atoms with Crippen molar-refractivity contribution >= 4 is 29.9 Å². The molecule has 1 unspecified atom stereocenters. The summed E-state index contributed by atoms with van der Waals surface area (Å²) in [5, 5.41) is 16.8. The fourth-order valence-corrected chi connectivity index (χ4v) is 3.32. The first kappa shape index (κ1) is 24.8. The molecule has 0 aliphatic carbocycles. The quantitative estimate of drug-likeness (QED) is 0.285.